The number of hydrogen-bond donors (Lipinski definition) is 4. The van der Waals surface area contributed by atoms with Gasteiger partial charge in [0.15, 0.2) is 0 Å². The summed E-state index contributed by atoms with van der Waals surface area (Å²) in [5, 5.41) is 37.5. The van der Waals surface area contributed by atoms with Crippen molar-refractivity contribution in [3.8, 4) is 11.5 Å². The van der Waals surface area contributed by atoms with Gasteiger partial charge < -0.3 is 20.4 Å². The van der Waals surface area contributed by atoms with Gasteiger partial charge >= 0.3 is 11.9 Å². The Bertz CT molecular complexity index is 2180. The van der Waals surface area contributed by atoms with Gasteiger partial charge in [0.05, 0.1) is 0 Å². The third-order valence-corrected chi connectivity index (χ3v) is 11.1. The van der Waals surface area contributed by atoms with Gasteiger partial charge in [-0.15, -0.1) is 0 Å². The number of carboxylic acids is 2. The molecule has 2 aliphatic rings. The summed E-state index contributed by atoms with van der Waals surface area (Å²) in [6.07, 6.45) is 9.44. The predicted octanol–water partition coefficient (Wildman–Crippen LogP) is 10.7. The molecule has 0 unspecified atom stereocenters. The Kier molecular flexibility index (Phi) is 11.6. The summed E-state index contributed by atoms with van der Waals surface area (Å²) in [4.78, 5) is 21.5. The lowest BCUT2D eigenvalue weighted by molar-refractivity contribution is -0.132. The number of aliphatic carboxylic acids is 2. The van der Waals surface area contributed by atoms with Crippen molar-refractivity contribution >= 4 is 24.1 Å². The molecule has 0 amide bonds. The fraction of sp³-hybridized carbons (Fsp3) is 0.160. The topological polar surface area (TPSA) is 115 Å². The van der Waals surface area contributed by atoms with E-state index in [1.165, 1.54) is 44.5 Å². The number of phenols is 2. The second kappa shape index (κ2) is 17.2. The molecule has 280 valence electrons. The van der Waals surface area contributed by atoms with E-state index < -0.39 is 11.9 Å². The first-order chi connectivity index (χ1) is 27.2. The number of hydrogen-bond acceptors (Lipinski definition) is 4. The monoisotopic (exact) mass is 740 g/mol. The maximum Gasteiger partial charge on any atom is 0.328 e. The number of carbonyl (C=O) groups is 2. The molecule has 0 fully saturated rings. The molecule has 0 heterocycles. The molecule has 6 aromatic rings. The zero-order chi connectivity index (χ0) is 39.0. The lowest BCUT2D eigenvalue weighted by atomic mass is 9.69. The zero-order valence-corrected chi connectivity index (χ0v) is 30.9. The fourth-order valence-electron chi connectivity index (χ4n) is 8.52. The maximum absolute atomic E-state index is 10.7. The van der Waals surface area contributed by atoms with Crippen LogP contribution in [0.5, 0.6) is 11.5 Å². The number of carboxylic acid groups (broad SMARTS) is 2. The average Bonchev–Trinajstić information content (AvgIpc) is 3.22. The molecule has 8 rings (SSSR count). The van der Waals surface area contributed by atoms with Crippen LogP contribution in [0.4, 0.5) is 0 Å². The number of fused-ring (bicyclic) bond motifs is 2. The summed E-state index contributed by atoms with van der Waals surface area (Å²) in [6.45, 7) is 0. The van der Waals surface area contributed by atoms with Crippen molar-refractivity contribution in [3.63, 3.8) is 0 Å². The van der Waals surface area contributed by atoms with E-state index >= 15 is 0 Å². The van der Waals surface area contributed by atoms with E-state index in [2.05, 4.69) is 72.8 Å². The quantitative estimate of drug-likeness (QED) is 0.116. The van der Waals surface area contributed by atoms with Crippen LogP contribution < -0.4 is 0 Å². The number of benzene rings is 6. The molecule has 0 radical (unpaired) electrons. The molecular formula is C50H44O6. The molecule has 0 spiro atoms. The lowest BCUT2D eigenvalue weighted by Crippen LogP contribution is -2.20. The van der Waals surface area contributed by atoms with Gasteiger partial charge in [0.2, 0.25) is 0 Å². The Hall–Kier alpha value is -6.66. The highest BCUT2D eigenvalue weighted by Gasteiger charge is 2.33. The average molecular weight is 741 g/mol. The Morgan fingerprint density at radius 2 is 0.839 bits per heavy atom. The molecule has 6 nitrogen and oxygen atoms in total. The Balaban J connectivity index is 0.000000172. The summed E-state index contributed by atoms with van der Waals surface area (Å²) in [5.74, 6) is -0.163. The highest BCUT2D eigenvalue weighted by molar-refractivity contribution is 5.85. The van der Waals surface area contributed by atoms with Gasteiger partial charge in [-0.1, -0.05) is 121 Å². The summed E-state index contributed by atoms with van der Waals surface area (Å²) in [6, 6.07) is 48.7. The van der Waals surface area contributed by atoms with Crippen molar-refractivity contribution in [1.82, 2.24) is 0 Å². The Labute approximate surface area is 327 Å². The summed E-state index contributed by atoms with van der Waals surface area (Å²) in [7, 11) is 0. The van der Waals surface area contributed by atoms with E-state index in [0.717, 1.165) is 49.0 Å². The highest BCUT2D eigenvalue weighted by Crippen LogP contribution is 2.48. The van der Waals surface area contributed by atoms with Gasteiger partial charge in [0.1, 0.15) is 11.5 Å². The van der Waals surface area contributed by atoms with Gasteiger partial charge in [-0.25, -0.2) is 9.59 Å². The van der Waals surface area contributed by atoms with Crippen molar-refractivity contribution in [1.29, 1.82) is 0 Å². The minimum atomic E-state index is -0.950. The smallest absolute Gasteiger partial charge is 0.328 e. The molecule has 0 saturated carbocycles. The molecule has 0 bridgehead atoms. The second-order valence-electron chi connectivity index (χ2n) is 14.5. The Morgan fingerprint density at radius 1 is 0.464 bits per heavy atom. The van der Waals surface area contributed by atoms with Gasteiger partial charge in [-0.05, 0) is 130 Å². The van der Waals surface area contributed by atoms with E-state index in [9.17, 15) is 19.8 Å². The van der Waals surface area contributed by atoms with Crippen molar-refractivity contribution in [2.45, 2.75) is 49.4 Å². The van der Waals surface area contributed by atoms with Crippen LogP contribution >= 0.6 is 0 Å². The van der Waals surface area contributed by atoms with E-state index in [0.29, 0.717) is 23.3 Å². The predicted molar refractivity (Wildman–Crippen MR) is 221 cm³/mol. The first-order valence-electron chi connectivity index (χ1n) is 19.0. The van der Waals surface area contributed by atoms with Gasteiger partial charge in [-0.3, -0.25) is 0 Å². The van der Waals surface area contributed by atoms with Crippen LogP contribution in [0.2, 0.25) is 0 Å². The summed E-state index contributed by atoms with van der Waals surface area (Å²) in [5.41, 5.74) is 11.7. The molecule has 4 N–H and O–H groups in total. The molecule has 56 heavy (non-hydrogen) atoms. The number of aryl methyl sites for hydroxylation is 2. The maximum atomic E-state index is 10.7. The first kappa shape index (κ1) is 37.6. The van der Waals surface area contributed by atoms with Crippen LogP contribution in [0, 0.1) is 0 Å². The molecule has 0 saturated heterocycles. The Morgan fingerprint density at radius 3 is 1.20 bits per heavy atom. The molecule has 6 heteroatoms. The minimum Gasteiger partial charge on any atom is -0.508 e. The van der Waals surface area contributed by atoms with Crippen LogP contribution in [0.3, 0.4) is 0 Å². The molecule has 0 aromatic heterocycles. The van der Waals surface area contributed by atoms with E-state index in [4.69, 9.17) is 10.2 Å². The molecule has 2 aliphatic carbocycles. The number of phenolic OH excluding ortho intramolecular Hbond substituents is 2. The van der Waals surface area contributed by atoms with E-state index in [1.807, 2.05) is 60.7 Å². The molecular weight excluding hydrogens is 697 g/mol. The van der Waals surface area contributed by atoms with Crippen LogP contribution in [0.15, 0.2) is 158 Å². The van der Waals surface area contributed by atoms with Crippen molar-refractivity contribution in [3.05, 3.63) is 213 Å². The van der Waals surface area contributed by atoms with Crippen molar-refractivity contribution < 1.29 is 30.0 Å². The van der Waals surface area contributed by atoms with Crippen molar-refractivity contribution in [2.75, 3.05) is 0 Å². The van der Waals surface area contributed by atoms with Crippen LogP contribution in [-0.4, -0.2) is 32.4 Å². The van der Waals surface area contributed by atoms with Crippen LogP contribution in [-0.2, 0) is 22.4 Å². The van der Waals surface area contributed by atoms with E-state index in [-0.39, 0.29) is 11.8 Å². The standard InChI is InChI=1S/2C25H22O3/c2*26-21-12-14-23-20(16-21)11-13-22(18-4-2-1-3-5-18)25(23)19-9-6-17(7-10-19)8-15-24(27)28/h2*1-10,12,14-16,22,25-26H,11,13H2,(H,27,28)/b2*15-8+/t2*22-,25+/m10/s1. The van der Waals surface area contributed by atoms with Crippen molar-refractivity contribution in [2.24, 2.45) is 0 Å². The summed E-state index contributed by atoms with van der Waals surface area (Å²) < 4.78 is 0. The van der Waals surface area contributed by atoms with E-state index in [1.54, 1.807) is 24.3 Å². The molecule has 0 aliphatic heterocycles. The number of rotatable bonds is 8. The zero-order valence-electron chi connectivity index (χ0n) is 30.9. The SMILES string of the molecule is O=C(O)/C=C/c1ccc([C@@H]2c3ccc(O)cc3CC[C@@H]2c2ccccc2)cc1.O=C(O)/C=C/c1ccc([C@H]2c3ccc(O)cc3CC[C@H]2c2ccccc2)cc1. The molecule has 4 atom stereocenters. The largest absolute Gasteiger partial charge is 0.508 e. The van der Waals surface area contributed by atoms with Gasteiger partial charge in [0.25, 0.3) is 0 Å². The lowest BCUT2D eigenvalue weighted by Gasteiger charge is -2.34. The summed E-state index contributed by atoms with van der Waals surface area (Å²) >= 11 is 0. The fourth-order valence-corrected chi connectivity index (χ4v) is 8.52. The van der Waals surface area contributed by atoms with Gasteiger partial charge in [0, 0.05) is 24.0 Å². The second-order valence-corrected chi connectivity index (χ2v) is 14.5. The van der Waals surface area contributed by atoms with Gasteiger partial charge in [-0.2, -0.15) is 0 Å². The third kappa shape index (κ3) is 8.82. The first-order valence-corrected chi connectivity index (χ1v) is 19.0. The number of aromatic hydroxyl groups is 2. The highest BCUT2D eigenvalue weighted by atomic mass is 16.4. The van der Waals surface area contributed by atoms with Crippen LogP contribution in [0.25, 0.3) is 12.2 Å². The van der Waals surface area contributed by atoms with Crippen LogP contribution in [0.1, 0.15) is 92.1 Å². The normalized spacial score (nSPS) is 18.7. The minimum absolute atomic E-state index is 0.198. The third-order valence-electron chi connectivity index (χ3n) is 11.1. The molecule has 6 aromatic carbocycles.